The summed E-state index contributed by atoms with van der Waals surface area (Å²) >= 11 is 0. The summed E-state index contributed by atoms with van der Waals surface area (Å²) in [5.41, 5.74) is 3.75. The van der Waals surface area contributed by atoms with E-state index in [4.69, 9.17) is 0 Å². The molecule has 1 heterocycles. The number of carbonyl (C=O) groups is 1. The Bertz CT molecular complexity index is 849. The Balaban J connectivity index is 1.35. The molecule has 3 aromatic rings. The molecule has 4 rings (SSSR count). The van der Waals surface area contributed by atoms with Gasteiger partial charge in [-0.3, -0.25) is 9.48 Å². The largest absolute Gasteiger partial charge is 0.356 e. The number of rotatable bonds is 7. The molecule has 0 saturated heterocycles. The van der Waals surface area contributed by atoms with Crippen LogP contribution in [0.1, 0.15) is 41.4 Å². The molecule has 0 bridgehead atoms. The fraction of sp³-hybridized carbons (Fsp3) is 0.304. The number of carbonyl (C=O) groups excluding carboxylic acids is 1. The fourth-order valence-electron chi connectivity index (χ4n) is 3.85. The van der Waals surface area contributed by atoms with Crippen molar-refractivity contribution in [2.45, 2.75) is 24.7 Å². The quantitative estimate of drug-likeness (QED) is 0.696. The van der Waals surface area contributed by atoms with Crippen molar-refractivity contribution in [3.05, 3.63) is 89.7 Å². The molecule has 1 amide bonds. The maximum atomic E-state index is 12.5. The molecule has 4 heteroatoms. The number of nitrogens with one attached hydrogen (secondary N) is 1. The van der Waals surface area contributed by atoms with E-state index in [0.29, 0.717) is 18.4 Å². The molecule has 1 aromatic heterocycles. The van der Waals surface area contributed by atoms with Gasteiger partial charge >= 0.3 is 0 Å². The molecule has 1 saturated carbocycles. The Morgan fingerprint density at radius 2 is 1.74 bits per heavy atom. The Morgan fingerprint density at radius 1 is 1.11 bits per heavy atom. The third kappa shape index (κ3) is 4.11. The molecule has 0 spiro atoms. The topological polar surface area (TPSA) is 46.9 Å². The summed E-state index contributed by atoms with van der Waals surface area (Å²) in [6.45, 7) is 0.684. The monoisotopic (exact) mass is 359 g/mol. The molecule has 1 aliphatic rings. The third-order valence-electron chi connectivity index (χ3n) is 5.42. The summed E-state index contributed by atoms with van der Waals surface area (Å²) < 4.78 is 1.80. The predicted molar refractivity (Wildman–Crippen MR) is 106 cm³/mol. The van der Waals surface area contributed by atoms with Gasteiger partial charge in [-0.05, 0) is 35.4 Å². The van der Waals surface area contributed by atoms with Gasteiger partial charge in [0.1, 0.15) is 0 Å². The minimum absolute atomic E-state index is 0.0982. The standard InChI is InChI=1S/C23H25N3O/c1-26-16-19(15-25-26)21-14-22(21)23(27)24-13-12-20(17-8-4-2-5-9-17)18-10-6-3-7-11-18/h2-11,15-16,20-22H,12-14H2,1H3,(H,24,27). The fourth-order valence-corrected chi connectivity index (χ4v) is 3.85. The van der Waals surface area contributed by atoms with Gasteiger partial charge in [-0.15, -0.1) is 0 Å². The molecule has 1 aliphatic carbocycles. The van der Waals surface area contributed by atoms with Crippen LogP contribution in [0.25, 0.3) is 0 Å². The van der Waals surface area contributed by atoms with Crippen molar-refractivity contribution in [1.29, 1.82) is 0 Å². The first-order chi connectivity index (χ1) is 13.2. The molecule has 2 aromatic carbocycles. The second-order valence-electron chi connectivity index (χ2n) is 7.35. The van der Waals surface area contributed by atoms with E-state index >= 15 is 0 Å². The lowest BCUT2D eigenvalue weighted by Gasteiger charge is -2.18. The van der Waals surface area contributed by atoms with Gasteiger partial charge in [-0.25, -0.2) is 0 Å². The Labute approximate surface area is 160 Å². The van der Waals surface area contributed by atoms with E-state index in [1.165, 1.54) is 16.7 Å². The van der Waals surface area contributed by atoms with E-state index in [1.807, 2.05) is 31.6 Å². The first-order valence-corrected chi connectivity index (χ1v) is 9.58. The van der Waals surface area contributed by atoms with Crippen molar-refractivity contribution in [2.24, 2.45) is 13.0 Å². The molecule has 27 heavy (non-hydrogen) atoms. The van der Waals surface area contributed by atoms with Crippen molar-refractivity contribution >= 4 is 5.91 Å². The van der Waals surface area contributed by atoms with E-state index in [9.17, 15) is 4.79 Å². The summed E-state index contributed by atoms with van der Waals surface area (Å²) in [4.78, 5) is 12.5. The Morgan fingerprint density at radius 3 is 2.30 bits per heavy atom. The molecular formula is C23H25N3O. The number of aromatic nitrogens is 2. The first kappa shape index (κ1) is 17.5. The summed E-state index contributed by atoms with van der Waals surface area (Å²) in [5.74, 6) is 0.892. The van der Waals surface area contributed by atoms with Crippen molar-refractivity contribution in [3.8, 4) is 0 Å². The van der Waals surface area contributed by atoms with Crippen LogP contribution in [0.2, 0.25) is 0 Å². The van der Waals surface area contributed by atoms with E-state index < -0.39 is 0 Å². The zero-order valence-corrected chi connectivity index (χ0v) is 15.6. The Kier molecular flexibility index (Phi) is 5.05. The smallest absolute Gasteiger partial charge is 0.223 e. The lowest BCUT2D eigenvalue weighted by Crippen LogP contribution is -2.27. The van der Waals surface area contributed by atoms with Crippen LogP contribution < -0.4 is 5.32 Å². The van der Waals surface area contributed by atoms with Crippen LogP contribution in [0, 0.1) is 5.92 Å². The van der Waals surface area contributed by atoms with Gasteiger partial charge in [0.2, 0.25) is 5.91 Å². The second-order valence-corrected chi connectivity index (χ2v) is 7.35. The van der Waals surface area contributed by atoms with Gasteiger partial charge in [0.05, 0.1) is 6.20 Å². The third-order valence-corrected chi connectivity index (χ3v) is 5.42. The maximum Gasteiger partial charge on any atom is 0.223 e. The second kappa shape index (κ2) is 7.78. The van der Waals surface area contributed by atoms with Gasteiger partial charge < -0.3 is 5.32 Å². The van der Waals surface area contributed by atoms with Crippen molar-refractivity contribution < 1.29 is 4.79 Å². The highest BCUT2D eigenvalue weighted by Crippen LogP contribution is 2.47. The zero-order chi connectivity index (χ0) is 18.6. The number of hydrogen-bond acceptors (Lipinski definition) is 2. The van der Waals surface area contributed by atoms with Crippen molar-refractivity contribution in [3.63, 3.8) is 0 Å². The van der Waals surface area contributed by atoms with Gasteiger partial charge in [-0.1, -0.05) is 60.7 Å². The zero-order valence-electron chi connectivity index (χ0n) is 15.6. The van der Waals surface area contributed by atoms with Crippen LogP contribution in [-0.4, -0.2) is 22.2 Å². The number of nitrogens with zero attached hydrogens (tertiary/aromatic N) is 2. The van der Waals surface area contributed by atoms with Crippen molar-refractivity contribution in [1.82, 2.24) is 15.1 Å². The van der Waals surface area contributed by atoms with Gasteiger partial charge in [-0.2, -0.15) is 5.10 Å². The van der Waals surface area contributed by atoms with E-state index in [0.717, 1.165) is 12.8 Å². The van der Waals surface area contributed by atoms with Gasteiger partial charge in [0.25, 0.3) is 0 Å². The molecular weight excluding hydrogens is 334 g/mol. The van der Waals surface area contributed by atoms with Crippen molar-refractivity contribution in [2.75, 3.05) is 6.54 Å². The number of hydrogen-bond donors (Lipinski definition) is 1. The van der Waals surface area contributed by atoms with E-state index in [-0.39, 0.29) is 11.8 Å². The van der Waals surface area contributed by atoms with Crippen LogP contribution in [-0.2, 0) is 11.8 Å². The van der Waals surface area contributed by atoms with E-state index in [1.54, 1.807) is 4.68 Å². The summed E-state index contributed by atoms with van der Waals surface area (Å²) in [6.07, 6.45) is 5.71. The molecule has 0 aliphatic heterocycles. The normalized spacial score (nSPS) is 18.4. The summed E-state index contributed by atoms with van der Waals surface area (Å²) in [5, 5.41) is 7.36. The van der Waals surface area contributed by atoms with Crippen LogP contribution in [0.3, 0.4) is 0 Å². The number of aryl methyl sites for hydroxylation is 1. The Hall–Kier alpha value is -2.88. The molecule has 2 atom stereocenters. The molecule has 1 fully saturated rings. The minimum atomic E-state index is 0.0982. The summed E-state index contributed by atoms with van der Waals surface area (Å²) in [7, 11) is 1.91. The van der Waals surface area contributed by atoms with Gasteiger partial charge in [0.15, 0.2) is 0 Å². The number of amides is 1. The van der Waals surface area contributed by atoms with Gasteiger partial charge in [0, 0.05) is 31.6 Å². The SMILES string of the molecule is Cn1cc(C2CC2C(=O)NCCC(c2ccccc2)c2ccccc2)cn1. The average Bonchev–Trinajstić information content (AvgIpc) is 3.40. The highest BCUT2D eigenvalue weighted by Gasteiger charge is 2.44. The molecule has 0 radical (unpaired) electrons. The summed E-state index contributed by atoms with van der Waals surface area (Å²) in [6, 6.07) is 21.0. The van der Waals surface area contributed by atoms with E-state index in [2.05, 4.69) is 58.9 Å². The lowest BCUT2D eigenvalue weighted by molar-refractivity contribution is -0.122. The highest BCUT2D eigenvalue weighted by molar-refractivity contribution is 5.82. The predicted octanol–water partition coefficient (Wildman–Crippen LogP) is 3.86. The van der Waals surface area contributed by atoms with Crippen LogP contribution in [0.4, 0.5) is 0 Å². The minimum Gasteiger partial charge on any atom is -0.356 e. The number of benzene rings is 2. The van der Waals surface area contributed by atoms with Crippen LogP contribution >= 0.6 is 0 Å². The average molecular weight is 359 g/mol. The molecule has 1 N–H and O–H groups in total. The molecule has 2 unspecified atom stereocenters. The highest BCUT2D eigenvalue weighted by atomic mass is 16.2. The first-order valence-electron chi connectivity index (χ1n) is 9.58. The lowest BCUT2D eigenvalue weighted by atomic mass is 9.88. The van der Waals surface area contributed by atoms with Crippen LogP contribution in [0.15, 0.2) is 73.1 Å². The maximum absolute atomic E-state index is 12.5. The van der Waals surface area contributed by atoms with Crippen LogP contribution in [0.5, 0.6) is 0 Å². The molecule has 4 nitrogen and oxygen atoms in total. The molecule has 138 valence electrons.